The van der Waals surface area contributed by atoms with E-state index in [4.69, 9.17) is 0 Å². The normalized spacial score (nSPS) is 9.54. The average molecular weight is 389 g/mol. The summed E-state index contributed by atoms with van der Waals surface area (Å²) >= 11 is 0. The van der Waals surface area contributed by atoms with Gasteiger partial charge >= 0.3 is 0 Å². The van der Waals surface area contributed by atoms with Gasteiger partial charge in [0.25, 0.3) is 0 Å². The zero-order chi connectivity index (χ0) is 21.7. The van der Waals surface area contributed by atoms with Gasteiger partial charge in [0.1, 0.15) is 11.6 Å². The Kier molecular flexibility index (Phi) is 12.5. The standard InChI is InChI=1S/C17H19FN4.3C2H6/c1-11(2)9-19-16-6-7-17-20-10-15(22(17)21-16)13-5-4-12(3)14(18)8-13;3*1-2/h4-8,10-11H,9H2,1-3H3,(H,19,21);3*1-2H3. The number of rotatable bonds is 4. The van der Waals surface area contributed by atoms with E-state index in [1.54, 1.807) is 23.7 Å². The van der Waals surface area contributed by atoms with Gasteiger partial charge in [-0.1, -0.05) is 67.5 Å². The molecule has 5 heteroatoms. The summed E-state index contributed by atoms with van der Waals surface area (Å²) in [7, 11) is 0. The Balaban J connectivity index is 0.00000111. The molecule has 0 atom stereocenters. The van der Waals surface area contributed by atoms with E-state index in [0.717, 1.165) is 29.3 Å². The third-order valence-corrected chi connectivity index (χ3v) is 3.52. The molecule has 0 saturated heterocycles. The minimum Gasteiger partial charge on any atom is -0.368 e. The molecule has 0 bridgehead atoms. The Bertz CT molecular complexity index is 809. The summed E-state index contributed by atoms with van der Waals surface area (Å²) in [6.07, 6.45) is 1.72. The van der Waals surface area contributed by atoms with Crippen LogP contribution in [0.3, 0.4) is 0 Å². The minimum atomic E-state index is -0.221. The van der Waals surface area contributed by atoms with Crippen LogP contribution in [0.2, 0.25) is 0 Å². The van der Waals surface area contributed by atoms with Crippen LogP contribution in [-0.4, -0.2) is 21.1 Å². The summed E-state index contributed by atoms with van der Waals surface area (Å²) < 4.78 is 15.5. The first kappa shape index (κ1) is 25.6. The highest BCUT2D eigenvalue weighted by molar-refractivity contribution is 5.64. The lowest BCUT2D eigenvalue weighted by Crippen LogP contribution is -2.10. The first-order valence-electron chi connectivity index (χ1n) is 10.4. The smallest absolute Gasteiger partial charge is 0.154 e. The Morgan fingerprint density at radius 3 is 2.21 bits per heavy atom. The molecule has 0 aliphatic rings. The zero-order valence-corrected chi connectivity index (χ0v) is 19.0. The van der Waals surface area contributed by atoms with E-state index >= 15 is 0 Å². The number of hydrogen-bond donors (Lipinski definition) is 1. The summed E-state index contributed by atoms with van der Waals surface area (Å²) in [5.74, 6) is 1.10. The summed E-state index contributed by atoms with van der Waals surface area (Å²) in [5, 5.41) is 7.85. The highest BCUT2D eigenvalue weighted by Gasteiger charge is 2.10. The van der Waals surface area contributed by atoms with Gasteiger partial charge in [0, 0.05) is 12.1 Å². The first-order chi connectivity index (χ1) is 13.5. The first-order valence-corrected chi connectivity index (χ1v) is 10.4. The number of aryl methyl sites for hydroxylation is 1. The molecule has 4 nitrogen and oxygen atoms in total. The largest absolute Gasteiger partial charge is 0.368 e. The summed E-state index contributed by atoms with van der Waals surface area (Å²) in [6, 6.07) is 8.99. The van der Waals surface area contributed by atoms with E-state index in [1.165, 1.54) is 6.07 Å². The summed E-state index contributed by atoms with van der Waals surface area (Å²) in [6.45, 7) is 18.9. The number of fused-ring (bicyclic) bond motifs is 1. The van der Waals surface area contributed by atoms with Gasteiger partial charge in [-0.3, -0.25) is 0 Å². The van der Waals surface area contributed by atoms with Crippen LogP contribution in [0.4, 0.5) is 10.2 Å². The van der Waals surface area contributed by atoms with Gasteiger partial charge in [-0.2, -0.15) is 0 Å². The minimum absolute atomic E-state index is 0.221. The molecule has 1 N–H and O–H groups in total. The monoisotopic (exact) mass is 388 g/mol. The maximum Gasteiger partial charge on any atom is 0.154 e. The van der Waals surface area contributed by atoms with Crippen molar-refractivity contribution in [1.82, 2.24) is 14.6 Å². The lowest BCUT2D eigenvalue weighted by atomic mass is 10.1. The van der Waals surface area contributed by atoms with Gasteiger partial charge in [-0.05, 0) is 36.6 Å². The Labute approximate surface area is 170 Å². The van der Waals surface area contributed by atoms with Crippen LogP contribution in [0, 0.1) is 18.7 Å². The van der Waals surface area contributed by atoms with Crippen LogP contribution in [0.5, 0.6) is 0 Å². The predicted octanol–water partition coefficient (Wildman–Crippen LogP) is 6.99. The number of hydrogen-bond acceptors (Lipinski definition) is 3. The molecule has 0 aliphatic carbocycles. The fourth-order valence-corrected chi connectivity index (χ4v) is 2.23. The van der Waals surface area contributed by atoms with Crippen molar-refractivity contribution in [2.75, 3.05) is 11.9 Å². The second-order valence-electron chi connectivity index (χ2n) is 5.87. The number of nitrogens with zero attached hydrogens (tertiary/aromatic N) is 3. The number of halogens is 1. The van der Waals surface area contributed by atoms with Crippen molar-refractivity contribution in [1.29, 1.82) is 0 Å². The van der Waals surface area contributed by atoms with Gasteiger partial charge in [-0.25, -0.2) is 13.9 Å². The Morgan fingerprint density at radius 2 is 1.64 bits per heavy atom. The van der Waals surface area contributed by atoms with E-state index in [2.05, 4.69) is 29.2 Å². The molecule has 1 aromatic carbocycles. The van der Waals surface area contributed by atoms with Crippen molar-refractivity contribution in [3.8, 4) is 11.3 Å². The van der Waals surface area contributed by atoms with E-state index in [9.17, 15) is 4.39 Å². The lowest BCUT2D eigenvalue weighted by molar-refractivity contribution is 0.619. The molecule has 0 radical (unpaired) electrons. The highest BCUT2D eigenvalue weighted by Crippen LogP contribution is 2.23. The van der Waals surface area contributed by atoms with Gasteiger partial charge in [-0.15, -0.1) is 5.10 Å². The molecule has 2 aromatic heterocycles. The Hall–Kier alpha value is -2.43. The number of benzene rings is 1. The topological polar surface area (TPSA) is 42.2 Å². The van der Waals surface area contributed by atoms with Gasteiger partial charge in [0.15, 0.2) is 5.65 Å². The molecule has 0 amide bonds. The van der Waals surface area contributed by atoms with Crippen LogP contribution in [0.25, 0.3) is 16.9 Å². The number of aromatic nitrogens is 3. The van der Waals surface area contributed by atoms with Crippen LogP contribution < -0.4 is 5.32 Å². The third-order valence-electron chi connectivity index (χ3n) is 3.52. The van der Waals surface area contributed by atoms with Crippen LogP contribution in [-0.2, 0) is 0 Å². The van der Waals surface area contributed by atoms with Crippen molar-refractivity contribution < 1.29 is 4.39 Å². The number of nitrogens with one attached hydrogen (secondary N) is 1. The van der Waals surface area contributed by atoms with E-state index in [0.29, 0.717) is 11.5 Å². The van der Waals surface area contributed by atoms with Crippen molar-refractivity contribution in [2.45, 2.75) is 62.3 Å². The molecule has 0 fully saturated rings. The lowest BCUT2D eigenvalue weighted by Gasteiger charge is -2.09. The molecule has 3 rings (SSSR count). The third kappa shape index (κ3) is 6.95. The fraction of sp³-hybridized carbons (Fsp3) is 0.478. The zero-order valence-electron chi connectivity index (χ0n) is 19.0. The Morgan fingerprint density at radius 1 is 1.00 bits per heavy atom. The second kappa shape index (κ2) is 13.7. The molecule has 0 aliphatic heterocycles. The number of imidazole rings is 1. The van der Waals surface area contributed by atoms with E-state index in [-0.39, 0.29) is 5.82 Å². The summed E-state index contributed by atoms with van der Waals surface area (Å²) in [5.41, 5.74) is 2.92. The fourth-order valence-electron chi connectivity index (χ4n) is 2.23. The highest BCUT2D eigenvalue weighted by atomic mass is 19.1. The molecule has 0 unspecified atom stereocenters. The molecular weight excluding hydrogens is 351 g/mol. The summed E-state index contributed by atoms with van der Waals surface area (Å²) in [4.78, 5) is 4.33. The van der Waals surface area contributed by atoms with Crippen LogP contribution in [0.15, 0.2) is 36.5 Å². The second-order valence-corrected chi connectivity index (χ2v) is 5.87. The van der Waals surface area contributed by atoms with Crippen LogP contribution >= 0.6 is 0 Å². The molecule has 0 spiro atoms. The molecule has 2 heterocycles. The van der Waals surface area contributed by atoms with E-state index < -0.39 is 0 Å². The molecule has 28 heavy (non-hydrogen) atoms. The SMILES string of the molecule is CC.CC.CC.Cc1ccc(-c2cnc3ccc(NCC(C)C)nn23)cc1F. The molecular formula is C23H37FN4. The number of anilines is 1. The maximum atomic E-state index is 13.8. The molecule has 156 valence electrons. The van der Waals surface area contributed by atoms with Crippen molar-refractivity contribution in [3.63, 3.8) is 0 Å². The predicted molar refractivity (Wildman–Crippen MR) is 120 cm³/mol. The van der Waals surface area contributed by atoms with Gasteiger partial charge < -0.3 is 5.32 Å². The van der Waals surface area contributed by atoms with Gasteiger partial charge in [0.05, 0.1) is 11.9 Å². The van der Waals surface area contributed by atoms with Crippen LogP contribution in [0.1, 0.15) is 61.0 Å². The van der Waals surface area contributed by atoms with Crippen molar-refractivity contribution >= 4 is 11.5 Å². The van der Waals surface area contributed by atoms with E-state index in [1.807, 2.05) is 59.7 Å². The van der Waals surface area contributed by atoms with Gasteiger partial charge in [0.2, 0.25) is 0 Å². The molecule has 3 aromatic rings. The molecule has 0 saturated carbocycles. The average Bonchev–Trinajstić information content (AvgIpc) is 3.16. The maximum absolute atomic E-state index is 13.8. The quantitative estimate of drug-likeness (QED) is 0.523. The van der Waals surface area contributed by atoms with Crippen molar-refractivity contribution in [2.24, 2.45) is 5.92 Å². The van der Waals surface area contributed by atoms with Crippen molar-refractivity contribution in [3.05, 3.63) is 47.9 Å².